The number of nitrogens with zero attached hydrogens (tertiary/aromatic N) is 3. The van der Waals surface area contributed by atoms with E-state index in [1.54, 1.807) is 42.5 Å². The molecule has 1 aliphatic rings. The second kappa shape index (κ2) is 11.8. The van der Waals surface area contributed by atoms with Crippen molar-refractivity contribution in [3.05, 3.63) is 93.5 Å². The lowest BCUT2D eigenvalue weighted by Crippen LogP contribution is -2.19. The molecule has 4 rings (SSSR count). The lowest BCUT2D eigenvalue weighted by atomic mass is 10.2. The number of hydrazone groups is 1. The van der Waals surface area contributed by atoms with E-state index in [1.165, 1.54) is 31.2 Å². The molecule has 9 nitrogen and oxygen atoms in total. The van der Waals surface area contributed by atoms with Gasteiger partial charge in [-0.05, 0) is 73.4 Å². The van der Waals surface area contributed by atoms with Gasteiger partial charge in [0.1, 0.15) is 6.61 Å². The van der Waals surface area contributed by atoms with Crippen molar-refractivity contribution in [2.45, 2.75) is 26.4 Å². The Kier molecular flexibility index (Phi) is 8.12. The lowest BCUT2D eigenvalue weighted by molar-refractivity contribution is -0.384. The molecule has 1 heterocycles. The molecule has 0 spiro atoms. The van der Waals surface area contributed by atoms with E-state index in [1.807, 2.05) is 19.1 Å². The second-order valence-corrected chi connectivity index (χ2v) is 8.30. The van der Waals surface area contributed by atoms with E-state index in [4.69, 9.17) is 9.47 Å². The van der Waals surface area contributed by atoms with Crippen LogP contribution in [-0.4, -0.2) is 36.7 Å². The zero-order chi connectivity index (χ0) is 25.3. The molecule has 9 heteroatoms. The minimum atomic E-state index is -0.439. The lowest BCUT2D eigenvalue weighted by Gasteiger charge is -2.17. The predicted octanol–water partition coefficient (Wildman–Crippen LogP) is 4.94. The van der Waals surface area contributed by atoms with Crippen LogP contribution in [0.2, 0.25) is 0 Å². The number of benzene rings is 3. The number of rotatable bonds is 10. The minimum absolute atomic E-state index is 0.0114. The fourth-order valence-corrected chi connectivity index (χ4v) is 3.94. The van der Waals surface area contributed by atoms with Gasteiger partial charge in [0.15, 0.2) is 11.5 Å². The van der Waals surface area contributed by atoms with Gasteiger partial charge in [-0.3, -0.25) is 14.9 Å². The number of carbonyl (C=O) groups excluding carboxylic acids is 1. The Balaban J connectivity index is 1.36. The monoisotopic (exact) mass is 488 g/mol. The van der Waals surface area contributed by atoms with Crippen LogP contribution < -0.4 is 19.8 Å². The molecule has 1 N–H and O–H groups in total. The van der Waals surface area contributed by atoms with Crippen LogP contribution in [0.4, 0.5) is 11.4 Å². The number of amides is 1. The molecule has 3 aromatic rings. The van der Waals surface area contributed by atoms with Gasteiger partial charge < -0.3 is 14.4 Å². The van der Waals surface area contributed by atoms with Crippen molar-refractivity contribution in [1.29, 1.82) is 0 Å². The quantitative estimate of drug-likeness (QED) is 0.246. The molecule has 0 radical (unpaired) electrons. The van der Waals surface area contributed by atoms with Gasteiger partial charge in [-0.25, -0.2) is 5.43 Å². The summed E-state index contributed by atoms with van der Waals surface area (Å²) in [6.45, 7) is 4.55. The molecule has 0 saturated carbocycles. The van der Waals surface area contributed by atoms with Crippen molar-refractivity contribution in [2.24, 2.45) is 5.10 Å². The zero-order valence-corrected chi connectivity index (χ0v) is 20.1. The summed E-state index contributed by atoms with van der Waals surface area (Å²) in [5.74, 6) is 0.722. The summed E-state index contributed by atoms with van der Waals surface area (Å²) in [5.41, 5.74) is 5.62. The first kappa shape index (κ1) is 24.7. The van der Waals surface area contributed by atoms with Crippen LogP contribution in [0.1, 0.15) is 41.3 Å². The van der Waals surface area contributed by atoms with E-state index in [2.05, 4.69) is 15.4 Å². The second-order valence-electron chi connectivity index (χ2n) is 8.30. The standard InChI is InChI=1S/C27H28N4O5/c1-2-35-26-17-20(8-13-25(26)36-19-21-6-5-7-24(16-21)31(33)34)18-28-29-27(32)22-9-11-23(12-10-22)30-14-3-4-15-30/h5-13,16-18H,2-4,14-15,19H2,1H3,(H,29,32)/b28-18-. The highest BCUT2D eigenvalue weighted by atomic mass is 16.6. The molecule has 1 aliphatic heterocycles. The maximum absolute atomic E-state index is 12.5. The van der Waals surface area contributed by atoms with Crippen molar-refractivity contribution >= 4 is 23.5 Å². The van der Waals surface area contributed by atoms with Gasteiger partial charge in [0.2, 0.25) is 0 Å². The molecule has 0 aliphatic carbocycles. The number of non-ortho nitro benzene ring substituents is 1. The van der Waals surface area contributed by atoms with E-state index in [-0.39, 0.29) is 18.2 Å². The van der Waals surface area contributed by atoms with E-state index in [0.29, 0.717) is 34.8 Å². The molecule has 1 saturated heterocycles. The van der Waals surface area contributed by atoms with Gasteiger partial charge in [-0.15, -0.1) is 0 Å². The van der Waals surface area contributed by atoms with E-state index < -0.39 is 4.92 Å². The minimum Gasteiger partial charge on any atom is -0.490 e. The zero-order valence-electron chi connectivity index (χ0n) is 20.1. The van der Waals surface area contributed by atoms with Crippen molar-refractivity contribution < 1.29 is 19.2 Å². The molecular formula is C27H28N4O5. The third kappa shape index (κ3) is 6.38. The Hall–Kier alpha value is -4.40. The van der Waals surface area contributed by atoms with Crippen LogP contribution >= 0.6 is 0 Å². The van der Waals surface area contributed by atoms with Gasteiger partial charge in [-0.2, -0.15) is 5.10 Å². The van der Waals surface area contributed by atoms with E-state index in [9.17, 15) is 14.9 Å². The summed E-state index contributed by atoms with van der Waals surface area (Å²) >= 11 is 0. The number of anilines is 1. The number of nitrogens with one attached hydrogen (secondary N) is 1. The summed E-state index contributed by atoms with van der Waals surface area (Å²) in [6.07, 6.45) is 3.93. The SMILES string of the molecule is CCOc1cc(/C=N\NC(=O)c2ccc(N3CCCC3)cc2)ccc1OCc1cccc([N+](=O)[O-])c1. The summed E-state index contributed by atoms with van der Waals surface area (Å²) in [4.78, 5) is 25.3. The van der Waals surface area contributed by atoms with Crippen molar-refractivity contribution in [3.63, 3.8) is 0 Å². The summed E-state index contributed by atoms with van der Waals surface area (Å²) in [5, 5.41) is 15.1. The molecule has 0 atom stereocenters. The van der Waals surface area contributed by atoms with Crippen molar-refractivity contribution in [2.75, 3.05) is 24.6 Å². The Labute approximate surface area is 209 Å². The van der Waals surface area contributed by atoms with Crippen LogP contribution in [0.3, 0.4) is 0 Å². The first-order valence-electron chi connectivity index (χ1n) is 11.8. The molecule has 0 aromatic heterocycles. The molecule has 36 heavy (non-hydrogen) atoms. The maximum atomic E-state index is 12.5. The van der Waals surface area contributed by atoms with Gasteiger partial charge in [0.25, 0.3) is 11.6 Å². The molecule has 3 aromatic carbocycles. The first-order valence-corrected chi connectivity index (χ1v) is 11.8. The molecule has 1 amide bonds. The maximum Gasteiger partial charge on any atom is 0.271 e. The number of nitro groups is 1. The number of nitro benzene ring substituents is 1. The number of hydrogen-bond acceptors (Lipinski definition) is 7. The molecule has 1 fully saturated rings. The highest BCUT2D eigenvalue weighted by molar-refractivity contribution is 5.95. The number of hydrogen-bond donors (Lipinski definition) is 1. The fourth-order valence-electron chi connectivity index (χ4n) is 3.94. The predicted molar refractivity (Wildman–Crippen MR) is 138 cm³/mol. The van der Waals surface area contributed by atoms with Crippen LogP contribution in [0, 0.1) is 10.1 Å². The molecule has 186 valence electrons. The van der Waals surface area contributed by atoms with Crippen LogP contribution in [0.25, 0.3) is 0 Å². The fraction of sp³-hybridized carbons (Fsp3) is 0.259. The number of carbonyl (C=O) groups is 1. The Morgan fingerprint density at radius 1 is 1.06 bits per heavy atom. The number of ether oxygens (including phenoxy) is 2. The Morgan fingerprint density at radius 3 is 2.56 bits per heavy atom. The van der Waals surface area contributed by atoms with Crippen LogP contribution in [0.15, 0.2) is 71.8 Å². The summed E-state index contributed by atoms with van der Waals surface area (Å²) in [6, 6.07) is 19.1. The van der Waals surface area contributed by atoms with Crippen LogP contribution in [0.5, 0.6) is 11.5 Å². The van der Waals surface area contributed by atoms with Crippen molar-refractivity contribution in [1.82, 2.24) is 5.43 Å². The van der Waals surface area contributed by atoms with Crippen molar-refractivity contribution in [3.8, 4) is 11.5 Å². The van der Waals surface area contributed by atoms with E-state index >= 15 is 0 Å². The van der Waals surface area contributed by atoms with Gasteiger partial charge >= 0.3 is 0 Å². The topological polar surface area (TPSA) is 106 Å². The van der Waals surface area contributed by atoms with Crippen LogP contribution in [-0.2, 0) is 6.61 Å². The smallest absolute Gasteiger partial charge is 0.271 e. The Morgan fingerprint density at radius 2 is 1.83 bits per heavy atom. The highest BCUT2D eigenvalue weighted by Crippen LogP contribution is 2.29. The van der Waals surface area contributed by atoms with Gasteiger partial charge in [0.05, 0.1) is 17.7 Å². The molecule has 0 bridgehead atoms. The molecule has 0 unspecified atom stereocenters. The van der Waals surface area contributed by atoms with Gasteiger partial charge in [-0.1, -0.05) is 12.1 Å². The highest BCUT2D eigenvalue weighted by Gasteiger charge is 2.13. The summed E-state index contributed by atoms with van der Waals surface area (Å²) < 4.78 is 11.5. The summed E-state index contributed by atoms with van der Waals surface area (Å²) in [7, 11) is 0. The third-order valence-electron chi connectivity index (χ3n) is 5.76. The average Bonchev–Trinajstić information content (AvgIpc) is 3.44. The largest absolute Gasteiger partial charge is 0.490 e. The normalized spacial score (nSPS) is 13.1. The Bertz CT molecular complexity index is 1240. The first-order chi connectivity index (χ1) is 17.5. The van der Waals surface area contributed by atoms with E-state index in [0.717, 1.165) is 18.8 Å². The third-order valence-corrected chi connectivity index (χ3v) is 5.76. The molecular weight excluding hydrogens is 460 g/mol. The van der Waals surface area contributed by atoms with Gasteiger partial charge in [0, 0.05) is 36.5 Å². The average molecular weight is 489 g/mol.